The largest absolute Gasteiger partial charge is 0.469 e. The SMILES string of the molecule is CC1=NC(N)C(C[NH+]2CSC(CCOP(=O)(O)O)=C2C)=CN1. The molecule has 124 valence electrons. The Balaban J connectivity index is 1.90. The van der Waals surface area contributed by atoms with Crippen LogP contribution in [0.2, 0.25) is 0 Å². The standard InChI is InChI=1S/C12H21N4O4PS/c1-8-11(3-4-20-21(17,18)19)22-7-16(8)6-10-5-14-9(2)15-12(10)13/h5,12H,3-4,6-7,13H2,1-2H3,(H,14,15)(H2,17,18,19)/p+1. The minimum absolute atomic E-state index is 0.0183. The number of nitrogens with zero attached hydrogens (tertiary/aromatic N) is 1. The van der Waals surface area contributed by atoms with Crippen molar-refractivity contribution in [3.63, 3.8) is 0 Å². The van der Waals surface area contributed by atoms with E-state index < -0.39 is 7.82 Å². The summed E-state index contributed by atoms with van der Waals surface area (Å²) in [7, 11) is -4.39. The van der Waals surface area contributed by atoms with Crippen LogP contribution in [0.5, 0.6) is 0 Å². The van der Waals surface area contributed by atoms with Crippen LogP contribution in [-0.4, -0.2) is 40.8 Å². The second kappa shape index (κ2) is 7.27. The number of phosphoric acid groups is 1. The smallest absolute Gasteiger partial charge is 0.350 e. The summed E-state index contributed by atoms with van der Waals surface area (Å²) >= 11 is 1.68. The van der Waals surface area contributed by atoms with E-state index in [9.17, 15) is 4.57 Å². The molecular formula is C12H22N4O4PS+. The first-order chi connectivity index (χ1) is 10.3. The lowest BCUT2D eigenvalue weighted by Crippen LogP contribution is -3.08. The van der Waals surface area contributed by atoms with Crippen LogP contribution in [0.1, 0.15) is 20.3 Å². The van der Waals surface area contributed by atoms with Crippen LogP contribution in [0.25, 0.3) is 0 Å². The molecule has 0 aromatic rings. The van der Waals surface area contributed by atoms with Gasteiger partial charge >= 0.3 is 7.82 Å². The van der Waals surface area contributed by atoms with Crippen LogP contribution in [0.4, 0.5) is 0 Å². The van der Waals surface area contributed by atoms with Crippen LogP contribution in [0.3, 0.4) is 0 Å². The zero-order valence-electron chi connectivity index (χ0n) is 12.6. The molecule has 0 spiro atoms. The third kappa shape index (κ3) is 4.92. The number of aliphatic imine (C=N–C) groups is 1. The predicted molar refractivity (Wildman–Crippen MR) is 85.9 cm³/mol. The van der Waals surface area contributed by atoms with Crippen LogP contribution < -0.4 is 16.0 Å². The third-order valence-corrected chi connectivity index (χ3v) is 5.42. The van der Waals surface area contributed by atoms with Crippen LogP contribution in [0, 0.1) is 0 Å². The second-order valence-corrected chi connectivity index (χ2v) is 7.52. The van der Waals surface area contributed by atoms with Crippen LogP contribution >= 0.6 is 19.6 Å². The molecule has 0 aliphatic carbocycles. The molecule has 2 aliphatic rings. The maximum Gasteiger partial charge on any atom is 0.469 e. The predicted octanol–water partition coefficient (Wildman–Crippen LogP) is -0.503. The van der Waals surface area contributed by atoms with E-state index in [0.29, 0.717) is 6.42 Å². The van der Waals surface area contributed by atoms with E-state index in [4.69, 9.17) is 15.5 Å². The summed E-state index contributed by atoms with van der Waals surface area (Å²) in [5.41, 5.74) is 8.22. The average Bonchev–Trinajstić information content (AvgIpc) is 2.73. The number of nitrogens with one attached hydrogen (secondary N) is 2. The van der Waals surface area contributed by atoms with Crippen molar-refractivity contribution < 1.29 is 23.8 Å². The summed E-state index contributed by atoms with van der Waals surface area (Å²) in [6.45, 7) is 4.67. The molecule has 0 saturated heterocycles. The number of amidine groups is 1. The van der Waals surface area contributed by atoms with E-state index in [0.717, 1.165) is 28.7 Å². The molecular weight excluding hydrogens is 327 g/mol. The molecule has 2 rings (SSSR count). The molecule has 2 unspecified atom stereocenters. The zero-order valence-corrected chi connectivity index (χ0v) is 14.3. The summed E-state index contributed by atoms with van der Waals surface area (Å²) < 4.78 is 15.2. The van der Waals surface area contributed by atoms with Crippen molar-refractivity contribution in [1.29, 1.82) is 0 Å². The molecule has 0 aromatic carbocycles. The van der Waals surface area contributed by atoms with Gasteiger partial charge in [-0.05, 0) is 6.92 Å². The van der Waals surface area contributed by atoms with E-state index in [-0.39, 0.29) is 12.8 Å². The summed E-state index contributed by atoms with van der Waals surface area (Å²) in [4.78, 5) is 24.1. The summed E-state index contributed by atoms with van der Waals surface area (Å²) in [6.07, 6.45) is 2.10. The third-order valence-electron chi connectivity index (χ3n) is 3.55. The molecule has 0 radical (unpaired) electrons. The number of phosphoric ester groups is 1. The quantitative estimate of drug-likeness (QED) is 0.410. The highest BCUT2D eigenvalue weighted by Gasteiger charge is 2.28. The van der Waals surface area contributed by atoms with Crippen molar-refractivity contribution in [2.45, 2.75) is 26.4 Å². The van der Waals surface area contributed by atoms with Crippen molar-refractivity contribution in [2.75, 3.05) is 19.0 Å². The Labute approximate surface area is 133 Å². The number of rotatable bonds is 6. The Hall–Kier alpha value is -0.670. The van der Waals surface area contributed by atoms with Gasteiger partial charge in [0, 0.05) is 30.0 Å². The molecule has 10 heteroatoms. The lowest BCUT2D eigenvalue weighted by molar-refractivity contribution is -0.839. The topological polar surface area (TPSA) is 122 Å². The molecule has 0 aromatic heterocycles. The van der Waals surface area contributed by atoms with Gasteiger partial charge in [-0.3, -0.25) is 9.42 Å². The van der Waals surface area contributed by atoms with Gasteiger partial charge in [-0.15, -0.1) is 0 Å². The minimum Gasteiger partial charge on any atom is -0.350 e. The van der Waals surface area contributed by atoms with Gasteiger partial charge in [-0.25, -0.2) is 9.56 Å². The maximum absolute atomic E-state index is 10.7. The first-order valence-corrected chi connectivity index (χ1v) is 9.41. The van der Waals surface area contributed by atoms with Crippen molar-refractivity contribution in [3.8, 4) is 0 Å². The zero-order chi connectivity index (χ0) is 16.3. The number of quaternary nitrogens is 1. The van der Waals surface area contributed by atoms with Gasteiger partial charge in [0.25, 0.3) is 0 Å². The number of thioether (sulfide) groups is 1. The molecule has 0 fully saturated rings. The first kappa shape index (κ1) is 17.7. The molecule has 0 bridgehead atoms. The molecule has 0 amide bonds. The summed E-state index contributed by atoms with van der Waals surface area (Å²) in [6, 6.07) is 0. The fraction of sp³-hybridized carbons (Fsp3) is 0.583. The van der Waals surface area contributed by atoms with E-state index >= 15 is 0 Å². The fourth-order valence-electron chi connectivity index (χ4n) is 2.30. The molecule has 2 heterocycles. The average molecular weight is 349 g/mol. The summed E-state index contributed by atoms with van der Waals surface area (Å²) in [5.74, 6) is 1.67. The van der Waals surface area contributed by atoms with Gasteiger partial charge in [-0.2, -0.15) is 0 Å². The van der Waals surface area contributed by atoms with Crippen molar-refractivity contribution in [3.05, 3.63) is 22.4 Å². The van der Waals surface area contributed by atoms with Gasteiger partial charge < -0.3 is 20.8 Å². The van der Waals surface area contributed by atoms with Crippen molar-refractivity contribution in [2.24, 2.45) is 10.7 Å². The molecule has 2 aliphatic heterocycles. The van der Waals surface area contributed by atoms with Crippen molar-refractivity contribution >= 4 is 25.4 Å². The normalized spacial score (nSPS) is 25.9. The van der Waals surface area contributed by atoms with Gasteiger partial charge in [0.2, 0.25) is 0 Å². The van der Waals surface area contributed by atoms with E-state index in [1.54, 1.807) is 11.8 Å². The highest BCUT2D eigenvalue weighted by Crippen LogP contribution is 2.37. The van der Waals surface area contributed by atoms with Crippen LogP contribution in [-0.2, 0) is 9.09 Å². The van der Waals surface area contributed by atoms with Gasteiger partial charge in [0.15, 0.2) is 0 Å². The van der Waals surface area contributed by atoms with Gasteiger partial charge in [0.05, 0.1) is 12.4 Å². The highest BCUT2D eigenvalue weighted by molar-refractivity contribution is 8.03. The molecule has 22 heavy (non-hydrogen) atoms. The molecule has 2 atom stereocenters. The number of hydrogen-bond acceptors (Lipinski definition) is 6. The van der Waals surface area contributed by atoms with E-state index in [2.05, 4.69) is 14.8 Å². The van der Waals surface area contributed by atoms with Crippen molar-refractivity contribution in [1.82, 2.24) is 5.32 Å². The Kier molecular flexibility index (Phi) is 5.84. The summed E-state index contributed by atoms with van der Waals surface area (Å²) in [5, 5.41) is 3.08. The highest BCUT2D eigenvalue weighted by atomic mass is 32.2. The minimum atomic E-state index is -4.39. The number of nitrogens with two attached hydrogens (primary N) is 1. The van der Waals surface area contributed by atoms with Gasteiger partial charge in [0.1, 0.15) is 24.3 Å². The number of allylic oxidation sites excluding steroid dienone is 1. The fourth-order valence-corrected chi connectivity index (χ4v) is 3.89. The molecule has 6 N–H and O–H groups in total. The molecule has 8 nitrogen and oxygen atoms in total. The lowest BCUT2D eigenvalue weighted by Gasteiger charge is -2.21. The van der Waals surface area contributed by atoms with Crippen LogP contribution in [0.15, 0.2) is 27.4 Å². The van der Waals surface area contributed by atoms with E-state index in [1.165, 1.54) is 10.6 Å². The lowest BCUT2D eigenvalue weighted by atomic mass is 10.2. The Morgan fingerprint density at radius 3 is 2.95 bits per heavy atom. The molecule has 0 saturated carbocycles. The first-order valence-electron chi connectivity index (χ1n) is 6.89. The Morgan fingerprint density at radius 2 is 2.32 bits per heavy atom. The Bertz CT molecular complexity index is 571. The maximum atomic E-state index is 10.7. The Morgan fingerprint density at radius 1 is 1.59 bits per heavy atom. The monoisotopic (exact) mass is 349 g/mol. The van der Waals surface area contributed by atoms with Gasteiger partial charge in [-0.1, -0.05) is 11.8 Å². The number of hydrogen-bond donors (Lipinski definition) is 5. The van der Waals surface area contributed by atoms with E-state index in [1.807, 2.05) is 20.0 Å². The second-order valence-electron chi connectivity index (χ2n) is 5.21.